The standard InChI is InChI=1S/C26H34N2O5/c1-26(2,3)23-15-20(12-13-28(23)25(30)31)24(29)27-16-19-10-11-21(22(14-19)32-4)33-17-18-8-6-5-7-9-18/h5-11,14,20,23H,12-13,15-17H2,1-4H3,(H,27,29)(H,30,31). The van der Waals surface area contributed by atoms with Gasteiger partial charge in [-0.3, -0.25) is 4.79 Å². The van der Waals surface area contributed by atoms with Crippen molar-refractivity contribution in [1.82, 2.24) is 10.2 Å². The maximum Gasteiger partial charge on any atom is 0.407 e. The molecule has 2 N–H and O–H groups in total. The molecule has 0 saturated carbocycles. The molecule has 2 amide bonds. The molecule has 33 heavy (non-hydrogen) atoms. The Morgan fingerprint density at radius 1 is 1.09 bits per heavy atom. The largest absolute Gasteiger partial charge is 0.493 e. The van der Waals surface area contributed by atoms with Crippen LogP contribution < -0.4 is 14.8 Å². The highest BCUT2D eigenvalue weighted by atomic mass is 16.5. The first-order valence-electron chi connectivity index (χ1n) is 11.3. The minimum absolute atomic E-state index is 0.0438. The average molecular weight is 455 g/mol. The predicted molar refractivity (Wildman–Crippen MR) is 126 cm³/mol. The van der Waals surface area contributed by atoms with Crippen molar-refractivity contribution in [1.29, 1.82) is 0 Å². The molecule has 1 saturated heterocycles. The van der Waals surface area contributed by atoms with Crippen molar-refractivity contribution in [3.05, 3.63) is 59.7 Å². The molecule has 0 bridgehead atoms. The molecule has 2 unspecified atom stereocenters. The van der Waals surface area contributed by atoms with Gasteiger partial charge in [0, 0.05) is 25.0 Å². The topological polar surface area (TPSA) is 88.1 Å². The van der Waals surface area contributed by atoms with E-state index in [0.29, 0.717) is 44.0 Å². The van der Waals surface area contributed by atoms with E-state index >= 15 is 0 Å². The summed E-state index contributed by atoms with van der Waals surface area (Å²) in [7, 11) is 1.59. The number of carbonyl (C=O) groups excluding carboxylic acids is 1. The smallest absolute Gasteiger partial charge is 0.407 e. The van der Waals surface area contributed by atoms with Crippen LogP contribution in [0.25, 0.3) is 0 Å². The number of hydrogen-bond donors (Lipinski definition) is 2. The summed E-state index contributed by atoms with van der Waals surface area (Å²) in [6.45, 7) is 7.23. The van der Waals surface area contributed by atoms with E-state index in [1.165, 1.54) is 4.90 Å². The third kappa shape index (κ3) is 6.40. The zero-order chi connectivity index (χ0) is 24.0. The molecule has 7 nitrogen and oxygen atoms in total. The number of methoxy groups -OCH3 is 1. The van der Waals surface area contributed by atoms with E-state index in [2.05, 4.69) is 5.32 Å². The molecular weight excluding hydrogens is 420 g/mol. The first-order valence-corrected chi connectivity index (χ1v) is 11.3. The van der Waals surface area contributed by atoms with Crippen LogP contribution in [-0.4, -0.2) is 41.7 Å². The summed E-state index contributed by atoms with van der Waals surface area (Å²) < 4.78 is 11.4. The van der Waals surface area contributed by atoms with Crippen molar-refractivity contribution in [2.24, 2.45) is 11.3 Å². The van der Waals surface area contributed by atoms with Gasteiger partial charge >= 0.3 is 6.09 Å². The first-order chi connectivity index (χ1) is 15.7. The summed E-state index contributed by atoms with van der Waals surface area (Å²) in [5.74, 6) is 1.00. The second-order valence-electron chi connectivity index (χ2n) is 9.56. The van der Waals surface area contributed by atoms with Gasteiger partial charge < -0.3 is 24.8 Å². The van der Waals surface area contributed by atoms with Crippen molar-refractivity contribution in [2.75, 3.05) is 13.7 Å². The molecular formula is C26H34N2O5. The molecule has 7 heteroatoms. The summed E-state index contributed by atoms with van der Waals surface area (Å²) >= 11 is 0. The quantitative estimate of drug-likeness (QED) is 0.633. The van der Waals surface area contributed by atoms with Gasteiger partial charge in [0.2, 0.25) is 5.91 Å². The van der Waals surface area contributed by atoms with Crippen LogP contribution in [0.1, 0.15) is 44.7 Å². The summed E-state index contributed by atoms with van der Waals surface area (Å²) in [6.07, 6.45) is 0.132. The van der Waals surface area contributed by atoms with Gasteiger partial charge in [-0.25, -0.2) is 4.79 Å². The molecule has 2 aromatic carbocycles. The number of hydrogen-bond acceptors (Lipinski definition) is 4. The number of piperidine rings is 1. The SMILES string of the molecule is COc1cc(CNC(=O)C2CCN(C(=O)O)C(C(C)(C)C)C2)ccc1OCc1ccccc1. The van der Waals surface area contributed by atoms with Gasteiger partial charge in [0.25, 0.3) is 0 Å². The Morgan fingerprint density at radius 3 is 2.45 bits per heavy atom. The zero-order valence-electron chi connectivity index (χ0n) is 19.8. The van der Waals surface area contributed by atoms with Gasteiger partial charge in [-0.2, -0.15) is 0 Å². The van der Waals surface area contributed by atoms with E-state index in [1.54, 1.807) is 7.11 Å². The maximum absolute atomic E-state index is 12.9. The van der Waals surface area contributed by atoms with Crippen LogP contribution in [-0.2, 0) is 17.9 Å². The van der Waals surface area contributed by atoms with Crippen molar-refractivity contribution in [2.45, 2.75) is 52.8 Å². The van der Waals surface area contributed by atoms with Crippen molar-refractivity contribution in [3.8, 4) is 11.5 Å². The van der Waals surface area contributed by atoms with Gasteiger partial charge in [0.1, 0.15) is 6.61 Å². The number of ether oxygens (including phenoxy) is 2. The van der Waals surface area contributed by atoms with Crippen LogP contribution in [0.15, 0.2) is 48.5 Å². The Morgan fingerprint density at radius 2 is 1.82 bits per heavy atom. The molecule has 1 fully saturated rings. The number of benzene rings is 2. The Labute approximate surface area is 195 Å². The predicted octanol–water partition coefficient (Wildman–Crippen LogP) is 4.70. The normalized spacial score (nSPS) is 18.5. The van der Waals surface area contributed by atoms with Gasteiger partial charge in [0.05, 0.1) is 7.11 Å². The van der Waals surface area contributed by atoms with Crippen molar-refractivity contribution in [3.63, 3.8) is 0 Å². The van der Waals surface area contributed by atoms with Crippen molar-refractivity contribution < 1.29 is 24.2 Å². The van der Waals surface area contributed by atoms with Crippen LogP contribution in [0.5, 0.6) is 11.5 Å². The molecule has 178 valence electrons. The molecule has 1 aliphatic rings. The number of carbonyl (C=O) groups is 2. The summed E-state index contributed by atoms with van der Waals surface area (Å²) in [4.78, 5) is 26.0. The average Bonchev–Trinajstić information content (AvgIpc) is 2.81. The highest BCUT2D eigenvalue weighted by Crippen LogP contribution is 2.35. The van der Waals surface area contributed by atoms with Crippen molar-refractivity contribution >= 4 is 12.0 Å². The minimum atomic E-state index is -0.921. The fourth-order valence-corrected chi connectivity index (χ4v) is 4.26. The van der Waals surface area contributed by atoms with Gasteiger partial charge in [-0.05, 0) is 41.5 Å². The molecule has 0 aromatic heterocycles. The van der Waals surface area contributed by atoms with E-state index in [-0.39, 0.29) is 23.3 Å². The molecule has 0 aliphatic carbocycles. The third-order valence-electron chi connectivity index (χ3n) is 6.15. The van der Waals surface area contributed by atoms with Crippen LogP contribution in [0.2, 0.25) is 0 Å². The van der Waals surface area contributed by atoms with E-state index in [9.17, 15) is 14.7 Å². The lowest BCUT2D eigenvalue weighted by Gasteiger charge is -2.44. The highest BCUT2D eigenvalue weighted by Gasteiger charge is 2.40. The summed E-state index contributed by atoms with van der Waals surface area (Å²) in [5.41, 5.74) is 1.74. The maximum atomic E-state index is 12.9. The Balaban J connectivity index is 1.58. The van der Waals surface area contributed by atoms with E-state index in [0.717, 1.165) is 11.1 Å². The molecule has 0 spiro atoms. The van der Waals surface area contributed by atoms with Crippen LogP contribution >= 0.6 is 0 Å². The lowest BCUT2D eigenvalue weighted by atomic mass is 9.77. The fraction of sp³-hybridized carbons (Fsp3) is 0.462. The summed E-state index contributed by atoms with van der Waals surface area (Å²) in [6, 6.07) is 15.3. The Hall–Kier alpha value is -3.22. The van der Waals surface area contributed by atoms with E-state index < -0.39 is 6.09 Å². The number of carboxylic acid groups (broad SMARTS) is 1. The summed E-state index contributed by atoms with van der Waals surface area (Å²) in [5, 5.41) is 12.5. The monoisotopic (exact) mass is 454 g/mol. The Bertz CT molecular complexity index is 955. The highest BCUT2D eigenvalue weighted by molar-refractivity contribution is 5.79. The molecule has 1 aliphatic heterocycles. The molecule has 2 aromatic rings. The molecule has 0 radical (unpaired) electrons. The van der Waals surface area contributed by atoms with E-state index in [1.807, 2.05) is 69.3 Å². The number of amides is 2. The Kier molecular flexibility index (Phi) is 7.84. The number of rotatable bonds is 7. The number of nitrogens with zero attached hydrogens (tertiary/aromatic N) is 1. The molecule has 2 atom stereocenters. The fourth-order valence-electron chi connectivity index (χ4n) is 4.26. The minimum Gasteiger partial charge on any atom is -0.493 e. The zero-order valence-corrected chi connectivity index (χ0v) is 19.8. The third-order valence-corrected chi connectivity index (χ3v) is 6.15. The first kappa shape index (κ1) is 24.4. The lowest BCUT2D eigenvalue weighted by Crippen LogP contribution is -2.53. The van der Waals surface area contributed by atoms with Crippen LogP contribution in [0.4, 0.5) is 4.79 Å². The van der Waals surface area contributed by atoms with Crippen LogP contribution in [0.3, 0.4) is 0 Å². The second kappa shape index (κ2) is 10.6. The lowest BCUT2D eigenvalue weighted by molar-refractivity contribution is -0.127. The van der Waals surface area contributed by atoms with Crippen LogP contribution in [0, 0.1) is 11.3 Å². The van der Waals surface area contributed by atoms with Gasteiger partial charge in [0.15, 0.2) is 11.5 Å². The number of nitrogens with one attached hydrogen (secondary N) is 1. The molecule has 3 rings (SSSR count). The second-order valence-corrected chi connectivity index (χ2v) is 9.56. The van der Waals surface area contributed by atoms with Gasteiger partial charge in [-0.1, -0.05) is 57.2 Å². The molecule has 1 heterocycles. The van der Waals surface area contributed by atoms with Gasteiger partial charge in [-0.15, -0.1) is 0 Å². The number of likely N-dealkylation sites (tertiary alicyclic amines) is 1. The van der Waals surface area contributed by atoms with E-state index in [4.69, 9.17) is 9.47 Å².